The van der Waals surface area contributed by atoms with E-state index >= 15 is 0 Å². The quantitative estimate of drug-likeness (QED) is 0.589. The van der Waals surface area contributed by atoms with E-state index in [2.05, 4.69) is 4.74 Å². The summed E-state index contributed by atoms with van der Waals surface area (Å²) in [7, 11) is 0. The van der Waals surface area contributed by atoms with E-state index in [1.807, 2.05) is 0 Å². The Balaban J connectivity index is 2.68. The minimum atomic E-state index is -4.40. The van der Waals surface area contributed by atoms with Crippen molar-refractivity contribution in [2.45, 2.75) is 13.1 Å². The van der Waals surface area contributed by atoms with Gasteiger partial charge in [0, 0.05) is 10.3 Å². The van der Waals surface area contributed by atoms with Crippen molar-refractivity contribution in [3.05, 3.63) is 23.9 Å². The van der Waals surface area contributed by atoms with Gasteiger partial charge in [0.25, 0.3) is 0 Å². The number of aromatic nitrogens is 1. The zero-order valence-corrected chi connectivity index (χ0v) is 7.38. The lowest BCUT2D eigenvalue weighted by Gasteiger charge is -2.05. The second-order valence-corrected chi connectivity index (χ2v) is 2.79. The van der Waals surface area contributed by atoms with Crippen molar-refractivity contribution in [3.8, 4) is 5.88 Å². The molecule has 0 fully saturated rings. The van der Waals surface area contributed by atoms with Crippen LogP contribution in [0.2, 0.25) is 0 Å². The molecule has 78 valence electrons. The molecule has 0 saturated carbocycles. The van der Waals surface area contributed by atoms with E-state index in [0.29, 0.717) is 10.3 Å². The van der Waals surface area contributed by atoms with Gasteiger partial charge in [-0.15, -0.1) is 0 Å². The first-order chi connectivity index (χ1) is 6.38. The molecule has 0 radical (unpaired) electrons. The number of pyridine rings is 1. The largest absolute Gasteiger partial charge is 0.432 e. The molecule has 1 N–H and O–H groups in total. The van der Waals surface area contributed by atoms with E-state index in [-0.39, 0.29) is 5.88 Å². The Morgan fingerprint density at radius 3 is 2.57 bits per heavy atom. The van der Waals surface area contributed by atoms with Gasteiger partial charge in [0.15, 0.2) is 6.61 Å². The first-order valence-electron chi connectivity index (χ1n) is 3.79. The van der Waals surface area contributed by atoms with Crippen LogP contribution in [0.25, 0.3) is 0 Å². The third-order valence-electron chi connectivity index (χ3n) is 1.42. The summed E-state index contributed by atoms with van der Waals surface area (Å²) in [5, 5.41) is 9.11. The lowest BCUT2D eigenvalue weighted by atomic mass is 10.3. The molecule has 1 rings (SSSR count). The molecule has 0 aromatic carbocycles. The summed E-state index contributed by atoms with van der Waals surface area (Å²) in [6.45, 7) is 0.275. The van der Waals surface area contributed by atoms with Gasteiger partial charge in [-0.05, 0) is 13.0 Å². The summed E-state index contributed by atoms with van der Waals surface area (Å²) in [4.78, 5) is 0. The normalized spacial score (nSPS) is 11.4. The number of hydrogen-bond donors (Lipinski definition) is 1. The Kier molecular flexibility index (Phi) is 2.83. The van der Waals surface area contributed by atoms with E-state index in [1.54, 1.807) is 13.0 Å². The van der Waals surface area contributed by atoms with Gasteiger partial charge in [-0.3, -0.25) is 5.21 Å². The molecule has 0 aliphatic heterocycles. The van der Waals surface area contributed by atoms with Gasteiger partial charge in [-0.1, -0.05) is 0 Å². The van der Waals surface area contributed by atoms with Gasteiger partial charge >= 0.3 is 12.1 Å². The molecule has 3 nitrogen and oxygen atoms in total. The molecule has 14 heavy (non-hydrogen) atoms. The molecule has 0 aliphatic rings. The fourth-order valence-electron chi connectivity index (χ4n) is 0.849. The summed E-state index contributed by atoms with van der Waals surface area (Å²) >= 11 is 0. The standard InChI is InChI=1S/C8H9F3NO2/c1-6-2-3-7(12(13)4-6)14-5-8(9,10)11/h2-4,13H,5H2,1H3/q+1. The van der Waals surface area contributed by atoms with Gasteiger partial charge in [0.2, 0.25) is 6.20 Å². The summed E-state index contributed by atoms with van der Waals surface area (Å²) in [5.74, 6) is -0.243. The fourth-order valence-corrected chi connectivity index (χ4v) is 0.849. The Labute approximate surface area is 78.3 Å². The van der Waals surface area contributed by atoms with Crippen molar-refractivity contribution in [2.24, 2.45) is 0 Å². The zero-order valence-electron chi connectivity index (χ0n) is 7.38. The number of halogens is 3. The topological polar surface area (TPSA) is 33.3 Å². The predicted octanol–water partition coefficient (Wildman–Crippen LogP) is 1.46. The average Bonchev–Trinajstić information content (AvgIpc) is 2.00. The van der Waals surface area contributed by atoms with Crippen LogP contribution in [0.4, 0.5) is 13.2 Å². The van der Waals surface area contributed by atoms with Gasteiger partial charge in [0.05, 0.1) is 6.07 Å². The lowest BCUT2D eigenvalue weighted by molar-refractivity contribution is -0.906. The van der Waals surface area contributed by atoms with E-state index in [9.17, 15) is 13.2 Å². The third-order valence-corrected chi connectivity index (χ3v) is 1.42. The number of nitrogens with zero attached hydrogens (tertiary/aromatic N) is 1. The average molecular weight is 208 g/mol. The first-order valence-corrected chi connectivity index (χ1v) is 3.79. The smallest absolute Gasteiger partial charge is 0.422 e. The molecule has 0 aliphatic carbocycles. The molecule has 0 unspecified atom stereocenters. The molecular formula is C8H9F3NO2+. The summed E-state index contributed by atoms with van der Waals surface area (Å²) < 4.78 is 40.1. The summed E-state index contributed by atoms with van der Waals surface area (Å²) in [6, 6.07) is 2.81. The highest BCUT2D eigenvalue weighted by Crippen LogP contribution is 2.15. The van der Waals surface area contributed by atoms with E-state index in [0.717, 1.165) is 0 Å². The van der Waals surface area contributed by atoms with Crippen molar-refractivity contribution in [1.82, 2.24) is 0 Å². The minimum absolute atomic E-state index is 0.243. The van der Waals surface area contributed by atoms with Crippen LogP contribution in [0.3, 0.4) is 0 Å². The highest BCUT2D eigenvalue weighted by Gasteiger charge is 2.30. The zero-order chi connectivity index (χ0) is 10.8. The second-order valence-electron chi connectivity index (χ2n) is 2.79. The number of alkyl halides is 3. The van der Waals surface area contributed by atoms with E-state index in [4.69, 9.17) is 5.21 Å². The summed E-state index contributed by atoms with van der Waals surface area (Å²) in [5.41, 5.74) is 0.715. The Morgan fingerprint density at radius 1 is 1.43 bits per heavy atom. The van der Waals surface area contributed by atoms with Gasteiger partial charge in [-0.25, -0.2) is 0 Å². The van der Waals surface area contributed by atoms with Crippen LogP contribution in [0, 0.1) is 6.92 Å². The molecule has 1 aromatic rings. The molecule has 0 spiro atoms. The van der Waals surface area contributed by atoms with Crippen molar-refractivity contribution >= 4 is 0 Å². The number of hydrogen-bond acceptors (Lipinski definition) is 2. The highest BCUT2D eigenvalue weighted by molar-refractivity contribution is 5.10. The Morgan fingerprint density at radius 2 is 2.07 bits per heavy atom. The lowest BCUT2D eigenvalue weighted by Crippen LogP contribution is -2.34. The molecule has 1 heterocycles. The predicted molar refractivity (Wildman–Crippen MR) is 40.1 cm³/mol. The molecule has 0 amide bonds. The number of ether oxygens (including phenoxy) is 1. The number of rotatable bonds is 2. The van der Waals surface area contributed by atoms with Crippen LogP contribution >= 0.6 is 0 Å². The maximum absolute atomic E-state index is 11.7. The summed E-state index contributed by atoms with van der Waals surface area (Å²) in [6.07, 6.45) is -3.15. The minimum Gasteiger partial charge on any atom is -0.432 e. The highest BCUT2D eigenvalue weighted by atomic mass is 19.4. The van der Waals surface area contributed by atoms with Crippen molar-refractivity contribution in [3.63, 3.8) is 0 Å². The third kappa shape index (κ3) is 3.12. The second kappa shape index (κ2) is 3.73. The van der Waals surface area contributed by atoms with Crippen molar-refractivity contribution < 1.29 is 27.8 Å². The van der Waals surface area contributed by atoms with Crippen LogP contribution in [0.1, 0.15) is 5.56 Å². The van der Waals surface area contributed by atoms with Crippen LogP contribution in [-0.4, -0.2) is 18.0 Å². The fraction of sp³-hybridized carbons (Fsp3) is 0.375. The number of aryl methyl sites for hydroxylation is 1. The monoisotopic (exact) mass is 208 g/mol. The first kappa shape index (κ1) is 10.6. The van der Waals surface area contributed by atoms with Crippen molar-refractivity contribution in [1.29, 1.82) is 0 Å². The SMILES string of the molecule is Cc1ccc(OCC(F)(F)F)[n+](O)c1. The van der Waals surface area contributed by atoms with Gasteiger partial charge in [-0.2, -0.15) is 13.2 Å². The molecule has 6 heteroatoms. The van der Waals surface area contributed by atoms with Crippen LogP contribution in [0.5, 0.6) is 5.88 Å². The van der Waals surface area contributed by atoms with E-state index < -0.39 is 12.8 Å². The molecular weight excluding hydrogens is 199 g/mol. The maximum Gasteiger partial charge on any atom is 0.422 e. The van der Waals surface area contributed by atoms with Crippen molar-refractivity contribution in [2.75, 3.05) is 6.61 Å². The van der Waals surface area contributed by atoms with Gasteiger partial charge in [0.1, 0.15) is 0 Å². The van der Waals surface area contributed by atoms with E-state index in [1.165, 1.54) is 12.3 Å². The molecule has 1 aromatic heterocycles. The van der Waals surface area contributed by atoms with Gasteiger partial charge < -0.3 is 4.74 Å². The molecule has 0 saturated heterocycles. The van der Waals surface area contributed by atoms with Crippen LogP contribution in [-0.2, 0) is 0 Å². The van der Waals surface area contributed by atoms with Crippen LogP contribution in [0.15, 0.2) is 18.3 Å². The molecule has 0 atom stereocenters. The Bertz CT molecular complexity index is 325. The Hall–Kier alpha value is -1.46. The molecule has 0 bridgehead atoms. The maximum atomic E-state index is 11.7. The van der Waals surface area contributed by atoms with Crippen LogP contribution < -0.4 is 9.47 Å².